The highest BCUT2D eigenvalue weighted by atomic mass is 16.6. The quantitative estimate of drug-likeness (QED) is 0.249. The van der Waals surface area contributed by atoms with Crippen LogP contribution in [0.25, 0.3) is 0 Å². The van der Waals surface area contributed by atoms with Gasteiger partial charge in [-0.1, -0.05) is 68.0 Å². The standard InChI is InChI=1S/C36H49N3O7/c1-5-15-24(2)38-22-14-20-36-30(33(42)39(32(36)34(38)43)21-12-7-13-23-40)29-27(46-36)18-10-11-19-28(41)37(4)25(3)31(45-35(29)44)26-16-8-6-9-17-26/h6,8-10,14,16-18,20,24-25,27,29-32,40H,5,7,11-13,15,19,21-23H2,1-4H3/b18-10-/t24?,25-,27-,29+,30+,31+,32-,36+/m1/s1. The van der Waals surface area contributed by atoms with Gasteiger partial charge in [-0.2, -0.15) is 0 Å². The van der Waals surface area contributed by atoms with Gasteiger partial charge >= 0.3 is 5.97 Å². The van der Waals surface area contributed by atoms with Gasteiger partial charge in [-0.05, 0) is 51.5 Å². The van der Waals surface area contributed by atoms with Crippen LogP contribution in [0.3, 0.4) is 0 Å². The summed E-state index contributed by atoms with van der Waals surface area (Å²) in [5.41, 5.74) is -0.613. The van der Waals surface area contributed by atoms with E-state index in [1.165, 1.54) is 0 Å². The van der Waals surface area contributed by atoms with E-state index in [1.807, 2.05) is 67.3 Å². The third-order valence-electron chi connectivity index (χ3n) is 10.3. The summed E-state index contributed by atoms with van der Waals surface area (Å²) < 4.78 is 13.1. The van der Waals surface area contributed by atoms with Crippen molar-refractivity contribution < 1.29 is 33.8 Å². The Labute approximate surface area is 272 Å². The lowest BCUT2D eigenvalue weighted by molar-refractivity contribution is -0.164. The first-order valence-electron chi connectivity index (χ1n) is 16.9. The molecule has 1 aromatic rings. The fourth-order valence-electron chi connectivity index (χ4n) is 7.69. The molecule has 4 aliphatic rings. The number of rotatable bonds is 9. The molecule has 4 heterocycles. The summed E-state index contributed by atoms with van der Waals surface area (Å²) in [6, 6.07) is 7.89. The molecule has 2 fully saturated rings. The Morgan fingerprint density at radius 3 is 2.52 bits per heavy atom. The van der Waals surface area contributed by atoms with Gasteiger partial charge in [0.25, 0.3) is 0 Å². The second-order valence-corrected chi connectivity index (χ2v) is 13.2. The van der Waals surface area contributed by atoms with Crippen LogP contribution >= 0.6 is 0 Å². The van der Waals surface area contributed by atoms with Crippen molar-refractivity contribution in [3.63, 3.8) is 0 Å². The Morgan fingerprint density at radius 1 is 1.04 bits per heavy atom. The number of aliphatic hydroxyl groups is 1. The minimum absolute atomic E-state index is 0.0372. The van der Waals surface area contributed by atoms with Crippen molar-refractivity contribution in [1.29, 1.82) is 0 Å². The Morgan fingerprint density at radius 2 is 1.80 bits per heavy atom. The molecule has 250 valence electrons. The average molecular weight is 636 g/mol. The van der Waals surface area contributed by atoms with E-state index in [-0.39, 0.29) is 36.8 Å². The molecule has 1 N–H and O–H groups in total. The first-order chi connectivity index (χ1) is 22.2. The molecule has 46 heavy (non-hydrogen) atoms. The summed E-state index contributed by atoms with van der Waals surface area (Å²) in [5.74, 6) is -3.09. The Bertz CT molecular complexity index is 1330. The van der Waals surface area contributed by atoms with E-state index >= 15 is 0 Å². The number of benzene rings is 1. The molecule has 0 saturated carbocycles. The molecule has 4 aliphatic heterocycles. The summed E-state index contributed by atoms with van der Waals surface area (Å²) in [7, 11) is 1.72. The molecule has 0 radical (unpaired) electrons. The first kappa shape index (κ1) is 33.9. The van der Waals surface area contributed by atoms with Crippen LogP contribution < -0.4 is 0 Å². The summed E-state index contributed by atoms with van der Waals surface area (Å²) >= 11 is 0. The Kier molecular flexibility index (Phi) is 10.7. The first-order valence-corrected chi connectivity index (χ1v) is 16.9. The van der Waals surface area contributed by atoms with Crippen molar-refractivity contribution >= 4 is 23.7 Å². The van der Waals surface area contributed by atoms with E-state index in [9.17, 15) is 24.3 Å². The van der Waals surface area contributed by atoms with Crippen LogP contribution in [0.5, 0.6) is 0 Å². The number of fused-ring (bicyclic) bond motifs is 2. The summed E-state index contributed by atoms with van der Waals surface area (Å²) in [6.45, 7) is 6.73. The maximum atomic E-state index is 14.6. The fraction of sp³-hybridized carbons (Fsp3) is 0.611. The number of likely N-dealkylation sites (tertiary alicyclic amines) is 1. The van der Waals surface area contributed by atoms with Crippen LogP contribution in [0.2, 0.25) is 0 Å². The molecule has 10 heteroatoms. The van der Waals surface area contributed by atoms with Crippen LogP contribution in [-0.2, 0) is 28.7 Å². The molecular weight excluding hydrogens is 586 g/mol. The van der Waals surface area contributed by atoms with Gasteiger partial charge in [-0.25, -0.2) is 0 Å². The SMILES string of the molecule is CCCC(C)N1CC=C[C@]23O[C@@H]4/C=C\CCC(=O)N(C)[C@H](C)[C@@H](c5ccccc5)OC(=O)[C@@H]4[C@H]2C(=O)N(CCCCCO)[C@@H]3C1=O. The molecule has 0 bridgehead atoms. The molecule has 10 nitrogen and oxygen atoms in total. The van der Waals surface area contributed by atoms with E-state index in [0.29, 0.717) is 38.8 Å². The van der Waals surface area contributed by atoms with Crippen LogP contribution in [0.15, 0.2) is 54.6 Å². The molecule has 1 spiro atoms. The van der Waals surface area contributed by atoms with Gasteiger partial charge in [0.1, 0.15) is 23.7 Å². The van der Waals surface area contributed by atoms with Gasteiger partial charge in [0.15, 0.2) is 0 Å². The number of cyclic esters (lactones) is 1. The van der Waals surface area contributed by atoms with Gasteiger partial charge in [-0.15, -0.1) is 0 Å². The normalized spacial score (nSPS) is 33.0. The predicted octanol–water partition coefficient (Wildman–Crippen LogP) is 3.80. The second-order valence-electron chi connectivity index (χ2n) is 13.2. The van der Waals surface area contributed by atoms with Crippen molar-refractivity contribution in [2.45, 2.75) is 102 Å². The van der Waals surface area contributed by atoms with Gasteiger partial charge in [-0.3, -0.25) is 19.2 Å². The van der Waals surface area contributed by atoms with Crippen molar-refractivity contribution in [2.75, 3.05) is 26.7 Å². The molecule has 1 unspecified atom stereocenters. The number of ether oxygens (including phenoxy) is 2. The third-order valence-corrected chi connectivity index (χ3v) is 10.3. The van der Waals surface area contributed by atoms with E-state index in [1.54, 1.807) is 22.9 Å². The maximum Gasteiger partial charge on any atom is 0.313 e. The number of unbranched alkanes of at least 4 members (excludes halogenated alkanes) is 2. The summed E-state index contributed by atoms with van der Waals surface area (Å²) in [6.07, 6.45) is 10.1. The molecule has 2 saturated heterocycles. The van der Waals surface area contributed by atoms with E-state index in [4.69, 9.17) is 9.47 Å². The number of nitrogens with zero attached hydrogens (tertiary/aromatic N) is 3. The van der Waals surface area contributed by atoms with Gasteiger partial charge in [0.05, 0.1) is 18.1 Å². The number of hydrogen-bond donors (Lipinski definition) is 1. The molecule has 1 aromatic carbocycles. The number of allylic oxidation sites excluding steroid dienone is 1. The maximum absolute atomic E-state index is 14.6. The van der Waals surface area contributed by atoms with Crippen molar-refractivity contribution in [3.05, 3.63) is 60.2 Å². The number of carbonyl (C=O) groups is 4. The topological polar surface area (TPSA) is 117 Å². The number of amides is 3. The average Bonchev–Trinajstić information content (AvgIpc) is 3.43. The number of hydrogen-bond acceptors (Lipinski definition) is 7. The Hall–Kier alpha value is -3.50. The molecule has 5 rings (SSSR count). The van der Waals surface area contributed by atoms with Gasteiger partial charge < -0.3 is 29.3 Å². The molecule has 3 amide bonds. The third kappa shape index (κ3) is 6.26. The monoisotopic (exact) mass is 635 g/mol. The van der Waals surface area contributed by atoms with Crippen LogP contribution in [0, 0.1) is 11.8 Å². The summed E-state index contributed by atoms with van der Waals surface area (Å²) in [4.78, 5) is 61.7. The van der Waals surface area contributed by atoms with Crippen molar-refractivity contribution in [3.8, 4) is 0 Å². The number of likely N-dealkylation sites (N-methyl/N-ethyl adjacent to an activating group) is 1. The minimum Gasteiger partial charge on any atom is -0.455 e. The van der Waals surface area contributed by atoms with Crippen molar-refractivity contribution in [2.24, 2.45) is 11.8 Å². The molecule has 8 atom stereocenters. The van der Waals surface area contributed by atoms with Gasteiger partial charge in [0.2, 0.25) is 17.7 Å². The van der Waals surface area contributed by atoms with E-state index < -0.39 is 47.7 Å². The van der Waals surface area contributed by atoms with Crippen LogP contribution in [0.4, 0.5) is 0 Å². The smallest absolute Gasteiger partial charge is 0.313 e. The predicted molar refractivity (Wildman–Crippen MR) is 172 cm³/mol. The van der Waals surface area contributed by atoms with Gasteiger partial charge in [0, 0.05) is 39.2 Å². The fourth-order valence-corrected chi connectivity index (χ4v) is 7.69. The summed E-state index contributed by atoms with van der Waals surface area (Å²) in [5, 5.41) is 9.35. The lowest BCUT2D eigenvalue weighted by Gasteiger charge is -2.37. The zero-order valence-electron chi connectivity index (χ0n) is 27.5. The minimum atomic E-state index is -1.36. The highest BCUT2D eigenvalue weighted by Crippen LogP contribution is 2.53. The molecule has 0 aromatic heterocycles. The molecule has 0 aliphatic carbocycles. The van der Waals surface area contributed by atoms with E-state index in [2.05, 4.69) is 6.92 Å². The number of esters is 1. The number of carbonyl (C=O) groups excluding carboxylic acids is 4. The van der Waals surface area contributed by atoms with E-state index in [0.717, 1.165) is 18.4 Å². The highest BCUT2D eigenvalue weighted by Gasteiger charge is 2.71. The Balaban J connectivity index is 1.58. The number of aliphatic hydroxyl groups excluding tert-OH is 1. The highest BCUT2D eigenvalue weighted by molar-refractivity contribution is 5.99. The van der Waals surface area contributed by atoms with Crippen LogP contribution in [-0.4, -0.2) is 100 Å². The largest absolute Gasteiger partial charge is 0.455 e. The molecular formula is C36H49N3O7. The lowest BCUT2D eigenvalue weighted by Crippen LogP contribution is -2.56. The zero-order valence-corrected chi connectivity index (χ0v) is 27.5. The lowest BCUT2D eigenvalue weighted by atomic mass is 9.77. The van der Waals surface area contributed by atoms with Crippen molar-refractivity contribution in [1.82, 2.24) is 14.7 Å². The second kappa shape index (κ2) is 14.5. The van der Waals surface area contributed by atoms with Crippen LogP contribution in [0.1, 0.15) is 77.4 Å². The zero-order chi connectivity index (χ0) is 33.0.